The number of thioether (sulfide) groups is 1. The van der Waals surface area contributed by atoms with Crippen molar-refractivity contribution < 1.29 is 4.79 Å². The number of aryl methyl sites for hydroxylation is 2. The molecule has 2 rings (SSSR count). The van der Waals surface area contributed by atoms with E-state index >= 15 is 0 Å². The minimum atomic E-state index is -0.0542. The Morgan fingerprint density at radius 3 is 2.52 bits per heavy atom. The minimum absolute atomic E-state index is 0.0542. The van der Waals surface area contributed by atoms with E-state index in [0.717, 1.165) is 22.1 Å². The van der Waals surface area contributed by atoms with Gasteiger partial charge >= 0.3 is 0 Å². The van der Waals surface area contributed by atoms with Crippen molar-refractivity contribution in [3.8, 4) is 0 Å². The normalized spacial score (nSPS) is 10.4. The molecule has 0 saturated heterocycles. The highest BCUT2D eigenvalue weighted by atomic mass is 32.2. The maximum Gasteiger partial charge on any atom is 0.225 e. The van der Waals surface area contributed by atoms with Crippen molar-refractivity contribution in [2.75, 3.05) is 11.6 Å². The van der Waals surface area contributed by atoms with Gasteiger partial charge in [-0.3, -0.25) is 4.79 Å². The number of carbonyl (C=O) groups excluding carboxylic acids is 1. The Bertz CT molecular complexity index is 608. The molecule has 0 bridgehead atoms. The highest BCUT2D eigenvalue weighted by Crippen LogP contribution is 2.17. The van der Waals surface area contributed by atoms with Crippen LogP contribution >= 0.6 is 11.8 Å². The van der Waals surface area contributed by atoms with Crippen LogP contribution in [0.2, 0.25) is 0 Å². The largest absolute Gasteiger partial charge is 0.311 e. The van der Waals surface area contributed by atoms with E-state index in [-0.39, 0.29) is 5.91 Å². The molecule has 0 aliphatic carbocycles. The van der Waals surface area contributed by atoms with Crippen LogP contribution in [0.5, 0.6) is 0 Å². The molecule has 2 aromatic heterocycles. The van der Waals surface area contributed by atoms with E-state index in [4.69, 9.17) is 0 Å². The molecule has 6 heteroatoms. The average Bonchev–Trinajstić information content (AvgIpc) is 2.47. The third-order valence-corrected chi connectivity index (χ3v) is 3.66. The molecule has 0 saturated carbocycles. The fourth-order valence-corrected chi connectivity index (χ4v) is 2.50. The summed E-state index contributed by atoms with van der Waals surface area (Å²) in [5.74, 6) is 0.520. The summed E-state index contributed by atoms with van der Waals surface area (Å²) in [6, 6.07) is 5.42. The molecule has 2 aromatic rings. The van der Waals surface area contributed by atoms with Crippen LogP contribution in [-0.4, -0.2) is 27.1 Å². The number of amides is 1. The molecule has 110 valence electrons. The van der Waals surface area contributed by atoms with E-state index in [9.17, 15) is 4.79 Å². The number of hydrogen-bond acceptors (Lipinski definition) is 5. The van der Waals surface area contributed by atoms with Gasteiger partial charge < -0.3 is 5.32 Å². The number of pyridine rings is 1. The Morgan fingerprint density at radius 1 is 1.24 bits per heavy atom. The summed E-state index contributed by atoms with van der Waals surface area (Å²) in [6.07, 6.45) is 4.62. The number of carbonyl (C=O) groups is 1. The second-order valence-electron chi connectivity index (χ2n) is 4.62. The molecule has 0 unspecified atom stereocenters. The number of hydrogen-bond donors (Lipinski definition) is 1. The van der Waals surface area contributed by atoms with Gasteiger partial charge in [0.05, 0.1) is 0 Å². The van der Waals surface area contributed by atoms with Gasteiger partial charge in [-0.2, -0.15) is 0 Å². The SMILES string of the molecule is CSc1nc(C)c(CCC(=O)Nc2ccccn2)c(C)n1. The first-order valence-corrected chi connectivity index (χ1v) is 7.91. The fraction of sp³-hybridized carbons (Fsp3) is 0.333. The quantitative estimate of drug-likeness (QED) is 0.679. The van der Waals surface area contributed by atoms with Gasteiger partial charge in [-0.25, -0.2) is 15.0 Å². The summed E-state index contributed by atoms with van der Waals surface area (Å²) in [4.78, 5) is 24.9. The zero-order chi connectivity index (χ0) is 15.2. The van der Waals surface area contributed by atoms with Crippen LogP contribution in [0.25, 0.3) is 0 Å². The topological polar surface area (TPSA) is 67.8 Å². The van der Waals surface area contributed by atoms with E-state index in [1.165, 1.54) is 11.8 Å². The van der Waals surface area contributed by atoms with Crippen LogP contribution < -0.4 is 5.32 Å². The standard InChI is InChI=1S/C15H18N4OS/c1-10-12(11(2)18-15(17-10)21-3)7-8-14(20)19-13-6-4-5-9-16-13/h4-6,9H,7-8H2,1-3H3,(H,16,19,20). The Balaban J connectivity index is 1.98. The van der Waals surface area contributed by atoms with Crippen molar-refractivity contribution in [3.63, 3.8) is 0 Å². The van der Waals surface area contributed by atoms with Crippen molar-refractivity contribution in [2.24, 2.45) is 0 Å². The van der Waals surface area contributed by atoms with E-state index < -0.39 is 0 Å². The molecule has 1 N–H and O–H groups in total. The molecule has 0 radical (unpaired) electrons. The van der Waals surface area contributed by atoms with Crippen LogP contribution in [0.3, 0.4) is 0 Å². The Hall–Kier alpha value is -1.95. The first-order valence-electron chi connectivity index (χ1n) is 6.69. The van der Waals surface area contributed by atoms with Crippen LogP contribution in [-0.2, 0) is 11.2 Å². The number of rotatable bonds is 5. The van der Waals surface area contributed by atoms with Gasteiger partial charge in [0, 0.05) is 24.0 Å². The monoisotopic (exact) mass is 302 g/mol. The Morgan fingerprint density at radius 2 is 1.95 bits per heavy atom. The maximum absolute atomic E-state index is 11.9. The molecule has 2 heterocycles. The first kappa shape index (κ1) is 15.4. The van der Waals surface area contributed by atoms with Crippen molar-refractivity contribution in [2.45, 2.75) is 31.8 Å². The van der Waals surface area contributed by atoms with Gasteiger partial charge in [0.15, 0.2) is 5.16 Å². The van der Waals surface area contributed by atoms with Crippen LogP contribution in [0.4, 0.5) is 5.82 Å². The molecule has 0 aliphatic heterocycles. The number of anilines is 1. The van der Waals surface area contributed by atoms with Gasteiger partial charge in [-0.15, -0.1) is 0 Å². The molecule has 5 nitrogen and oxygen atoms in total. The number of nitrogens with one attached hydrogen (secondary N) is 1. The summed E-state index contributed by atoms with van der Waals surface area (Å²) in [6.45, 7) is 3.92. The Kier molecular flexibility index (Phi) is 5.27. The lowest BCUT2D eigenvalue weighted by Gasteiger charge is -2.10. The molecular formula is C15H18N4OS. The lowest BCUT2D eigenvalue weighted by atomic mass is 10.1. The van der Waals surface area contributed by atoms with Gasteiger partial charge in [0.2, 0.25) is 5.91 Å². The van der Waals surface area contributed by atoms with E-state index in [2.05, 4.69) is 20.3 Å². The maximum atomic E-state index is 11.9. The highest BCUT2D eigenvalue weighted by Gasteiger charge is 2.10. The van der Waals surface area contributed by atoms with Crippen molar-refractivity contribution in [3.05, 3.63) is 41.3 Å². The smallest absolute Gasteiger partial charge is 0.225 e. The van der Waals surface area contributed by atoms with E-state index in [0.29, 0.717) is 18.7 Å². The highest BCUT2D eigenvalue weighted by molar-refractivity contribution is 7.98. The fourth-order valence-electron chi connectivity index (χ4n) is 2.04. The molecule has 21 heavy (non-hydrogen) atoms. The third kappa shape index (κ3) is 4.26. The van der Waals surface area contributed by atoms with Gasteiger partial charge in [0.1, 0.15) is 5.82 Å². The molecule has 0 aromatic carbocycles. The summed E-state index contributed by atoms with van der Waals surface area (Å²) >= 11 is 1.52. The predicted octanol–water partition coefficient (Wildman–Crippen LogP) is 2.78. The lowest BCUT2D eigenvalue weighted by Crippen LogP contribution is -2.14. The van der Waals surface area contributed by atoms with Crippen molar-refractivity contribution in [1.82, 2.24) is 15.0 Å². The predicted molar refractivity (Wildman–Crippen MR) is 84.5 cm³/mol. The molecular weight excluding hydrogens is 284 g/mol. The molecule has 0 atom stereocenters. The second kappa shape index (κ2) is 7.17. The van der Waals surface area contributed by atoms with Crippen LogP contribution in [0, 0.1) is 13.8 Å². The van der Waals surface area contributed by atoms with Crippen LogP contribution in [0.1, 0.15) is 23.4 Å². The minimum Gasteiger partial charge on any atom is -0.311 e. The molecule has 0 aliphatic rings. The summed E-state index contributed by atoms with van der Waals surface area (Å²) in [7, 11) is 0. The number of aromatic nitrogens is 3. The van der Waals surface area contributed by atoms with Crippen molar-refractivity contribution in [1.29, 1.82) is 0 Å². The van der Waals surface area contributed by atoms with Gasteiger partial charge in [-0.1, -0.05) is 17.8 Å². The summed E-state index contributed by atoms with van der Waals surface area (Å²) in [5.41, 5.74) is 2.93. The van der Waals surface area contributed by atoms with Gasteiger partial charge in [0.25, 0.3) is 0 Å². The molecule has 1 amide bonds. The lowest BCUT2D eigenvalue weighted by molar-refractivity contribution is -0.116. The van der Waals surface area contributed by atoms with E-state index in [1.807, 2.05) is 32.2 Å². The van der Waals surface area contributed by atoms with Crippen molar-refractivity contribution >= 4 is 23.5 Å². The van der Waals surface area contributed by atoms with Gasteiger partial charge in [-0.05, 0) is 44.2 Å². The summed E-state index contributed by atoms with van der Waals surface area (Å²) in [5, 5.41) is 3.55. The Labute approximate surface area is 128 Å². The second-order valence-corrected chi connectivity index (χ2v) is 5.40. The number of nitrogens with zero attached hydrogens (tertiary/aromatic N) is 3. The zero-order valence-corrected chi connectivity index (χ0v) is 13.2. The average molecular weight is 302 g/mol. The zero-order valence-electron chi connectivity index (χ0n) is 12.4. The van der Waals surface area contributed by atoms with Crippen LogP contribution in [0.15, 0.2) is 29.6 Å². The first-order chi connectivity index (χ1) is 10.1. The molecule has 0 fully saturated rings. The molecule has 0 spiro atoms. The summed E-state index contributed by atoms with van der Waals surface area (Å²) < 4.78 is 0. The van der Waals surface area contributed by atoms with E-state index in [1.54, 1.807) is 12.3 Å². The third-order valence-electron chi connectivity index (χ3n) is 3.12.